The van der Waals surface area contributed by atoms with Gasteiger partial charge < -0.3 is 9.47 Å². The number of carbonyl (C=O) groups is 1. The second kappa shape index (κ2) is 6.19. The van der Waals surface area contributed by atoms with E-state index in [9.17, 15) is 14.9 Å². The molecule has 0 N–H and O–H groups in total. The molecule has 0 aliphatic carbocycles. The van der Waals surface area contributed by atoms with E-state index in [4.69, 9.17) is 16.3 Å². The third-order valence-electron chi connectivity index (χ3n) is 2.44. The first kappa shape index (κ1) is 14.7. The number of hydrogen-bond acceptors (Lipinski definition) is 6. The summed E-state index contributed by atoms with van der Waals surface area (Å²) in [7, 11) is 1.18. The standard InChI is InChI=1S/C13H9ClN2O5/c1-20-13(17)10-5-6-11(16(18)19)12(15-10)21-9-4-2-3-8(14)7-9/h2-7H,1H3. The van der Waals surface area contributed by atoms with E-state index in [1.807, 2.05) is 0 Å². The molecule has 0 fully saturated rings. The second-order valence-corrected chi connectivity index (χ2v) is 4.27. The average Bonchev–Trinajstić information content (AvgIpc) is 2.46. The highest BCUT2D eigenvalue weighted by molar-refractivity contribution is 6.30. The molecule has 1 aromatic heterocycles. The summed E-state index contributed by atoms with van der Waals surface area (Å²) >= 11 is 5.81. The summed E-state index contributed by atoms with van der Waals surface area (Å²) in [5, 5.41) is 11.4. The molecule has 0 aliphatic heterocycles. The van der Waals surface area contributed by atoms with Crippen LogP contribution in [0.1, 0.15) is 10.5 Å². The molecular weight excluding hydrogens is 300 g/mol. The van der Waals surface area contributed by atoms with E-state index in [1.54, 1.807) is 18.2 Å². The van der Waals surface area contributed by atoms with Gasteiger partial charge in [-0.1, -0.05) is 17.7 Å². The minimum absolute atomic E-state index is 0.0971. The third kappa shape index (κ3) is 3.46. The number of ether oxygens (including phenoxy) is 2. The highest BCUT2D eigenvalue weighted by Crippen LogP contribution is 2.30. The van der Waals surface area contributed by atoms with Gasteiger partial charge in [0, 0.05) is 11.1 Å². The lowest BCUT2D eigenvalue weighted by atomic mass is 10.3. The van der Waals surface area contributed by atoms with Gasteiger partial charge in [-0.3, -0.25) is 10.1 Å². The van der Waals surface area contributed by atoms with Crippen LogP contribution in [-0.2, 0) is 4.74 Å². The van der Waals surface area contributed by atoms with Gasteiger partial charge in [0.1, 0.15) is 5.75 Å². The predicted molar refractivity (Wildman–Crippen MR) is 73.8 cm³/mol. The molecule has 0 aliphatic rings. The van der Waals surface area contributed by atoms with Crippen molar-refractivity contribution >= 4 is 23.3 Å². The molecule has 2 rings (SSSR count). The Hall–Kier alpha value is -2.67. The van der Waals surface area contributed by atoms with Crippen molar-refractivity contribution in [2.45, 2.75) is 0 Å². The van der Waals surface area contributed by atoms with Crippen LogP contribution < -0.4 is 4.74 Å². The van der Waals surface area contributed by atoms with Crippen LogP contribution in [0.25, 0.3) is 0 Å². The minimum Gasteiger partial charge on any atom is -0.464 e. The number of aromatic nitrogens is 1. The van der Waals surface area contributed by atoms with Crippen molar-refractivity contribution in [2.24, 2.45) is 0 Å². The van der Waals surface area contributed by atoms with Gasteiger partial charge in [0.25, 0.3) is 5.88 Å². The number of rotatable bonds is 4. The highest BCUT2D eigenvalue weighted by atomic mass is 35.5. The van der Waals surface area contributed by atoms with Crippen molar-refractivity contribution in [1.82, 2.24) is 4.98 Å². The SMILES string of the molecule is COC(=O)c1ccc([N+](=O)[O-])c(Oc2cccc(Cl)c2)n1. The molecule has 0 amide bonds. The van der Waals surface area contributed by atoms with Crippen LogP contribution in [0.3, 0.4) is 0 Å². The number of halogens is 1. The number of hydrogen-bond donors (Lipinski definition) is 0. The molecule has 0 radical (unpaired) electrons. The smallest absolute Gasteiger partial charge is 0.356 e. The Morgan fingerprint density at radius 3 is 2.71 bits per heavy atom. The lowest BCUT2D eigenvalue weighted by Crippen LogP contribution is -2.06. The Balaban J connectivity index is 2.43. The maximum absolute atomic E-state index is 11.4. The molecule has 0 spiro atoms. The van der Waals surface area contributed by atoms with Crippen molar-refractivity contribution in [3.8, 4) is 11.6 Å². The number of nitrogens with zero attached hydrogens (tertiary/aromatic N) is 2. The molecule has 0 unspecified atom stereocenters. The van der Waals surface area contributed by atoms with Gasteiger partial charge in [0.05, 0.1) is 12.0 Å². The summed E-state index contributed by atoms with van der Waals surface area (Å²) in [5.41, 5.74) is -0.470. The normalized spacial score (nSPS) is 10.0. The Morgan fingerprint density at radius 2 is 2.10 bits per heavy atom. The summed E-state index contributed by atoms with van der Waals surface area (Å²) < 4.78 is 9.85. The number of methoxy groups -OCH3 is 1. The average molecular weight is 309 g/mol. The quantitative estimate of drug-likeness (QED) is 0.489. The zero-order chi connectivity index (χ0) is 15.4. The van der Waals surface area contributed by atoms with E-state index in [0.29, 0.717) is 5.02 Å². The van der Waals surface area contributed by atoms with Gasteiger partial charge in [0.15, 0.2) is 5.69 Å². The molecule has 1 aromatic carbocycles. The maximum Gasteiger partial charge on any atom is 0.356 e. The molecule has 108 valence electrons. The molecule has 1 heterocycles. The Kier molecular flexibility index (Phi) is 4.34. The van der Waals surface area contributed by atoms with Crippen molar-refractivity contribution in [3.63, 3.8) is 0 Å². The van der Waals surface area contributed by atoms with Crippen LogP contribution in [-0.4, -0.2) is 23.0 Å². The summed E-state index contributed by atoms with van der Waals surface area (Å²) in [4.78, 5) is 25.5. The molecule has 8 heteroatoms. The second-order valence-electron chi connectivity index (χ2n) is 3.83. The highest BCUT2D eigenvalue weighted by Gasteiger charge is 2.21. The van der Waals surface area contributed by atoms with E-state index in [0.717, 1.165) is 6.07 Å². The van der Waals surface area contributed by atoms with Crippen LogP contribution in [0.15, 0.2) is 36.4 Å². The fourth-order valence-corrected chi connectivity index (χ4v) is 1.69. The first-order chi connectivity index (χ1) is 10.0. The van der Waals surface area contributed by atoms with Crippen molar-refractivity contribution < 1.29 is 19.2 Å². The molecule has 0 bridgehead atoms. The molecular formula is C13H9ClN2O5. The van der Waals surface area contributed by atoms with Crippen molar-refractivity contribution in [3.05, 3.63) is 57.2 Å². The number of pyridine rings is 1. The predicted octanol–water partition coefficient (Wildman–Crippen LogP) is 3.22. The molecule has 0 saturated heterocycles. The van der Waals surface area contributed by atoms with Gasteiger partial charge in [-0.15, -0.1) is 0 Å². The van der Waals surface area contributed by atoms with Gasteiger partial charge in [-0.05, 0) is 24.3 Å². The van der Waals surface area contributed by atoms with Crippen LogP contribution in [0.5, 0.6) is 11.6 Å². The molecule has 7 nitrogen and oxygen atoms in total. The molecule has 0 atom stereocenters. The van der Waals surface area contributed by atoms with E-state index in [2.05, 4.69) is 9.72 Å². The Morgan fingerprint density at radius 1 is 1.33 bits per heavy atom. The summed E-state index contributed by atoms with van der Waals surface area (Å²) in [5.74, 6) is -0.772. The molecule has 2 aromatic rings. The number of carbonyl (C=O) groups excluding carboxylic acids is 1. The lowest BCUT2D eigenvalue weighted by Gasteiger charge is -2.07. The first-order valence-corrected chi connectivity index (χ1v) is 6.06. The van der Waals surface area contributed by atoms with E-state index < -0.39 is 10.9 Å². The maximum atomic E-state index is 11.4. The number of esters is 1. The zero-order valence-corrected chi connectivity index (χ0v) is 11.5. The van der Waals surface area contributed by atoms with Gasteiger partial charge in [-0.2, -0.15) is 4.98 Å². The fourth-order valence-electron chi connectivity index (χ4n) is 1.51. The topological polar surface area (TPSA) is 91.6 Å². The summed E-state index contributed by atoms with van der Waals surface area (Å²) in [6, 6.07) is 8.59. The van der Waals surface area contributed by atoms with Gasteiger partial charge >= 0.3 is 11.7 Å². The van der Waals surface area contributed by atoms with E-state index >= 15 is 0 Å². The number of benzene rings is 1. The van der Waals surface area contributed by atoms with Gasteiger partial charge in [-0.25, -0.2) is 4.79 Å². The lowest BCUT2D eigenvalue weighted by molar-refractivity contribution is -0.386. The molecule has 0 saturated carbocycles. The van der Waals surface area contributed by atoms with Crippen molar-refractivity contribution in [2.75, 3.05) is 7.11 Å². The van der Waals surface area contributed by atoms with Crippen LogP contribution in [0, 0.1) is 10.1 Å². The fraction of sp³-hybridized carbons (Fsp3) is 0.0769. The van der Waals surface area contributed by atoms with E-state index in [-0.39, 0.29) is 23.0 Å². The Labute approximate surface area is 124 Å². The Bertz CT molecular complexity index is 705. The van der Waals surface area contributed by atoms with Crippen LogP contribution in [0.2, 0.25) is 5.02 Å². The van der Waals surface area contributed by atoms with Crippen LogP contribution in [0.4, 0.5) is 5.69 Å². The summed E-state index contributed by atoms with van der Waals surface area (Å²) in [6.07, 6.45) is 0. The number of nitro groups is 1. The van der Waals surface area contributed by atoms with Crippen LogP contribution >= 0.6 is 11.6 Å². The van der Waals surface area contributed by atoms with E-state index in [1.165, 1.54) is 19.2 Å². The summed E-state index contributed by atoms with van der Waals surface area (Å²) in [6.45, 7) is 0. The van der Waals surface area contributed by atoms with Gasteiger partial charge in [0.2, 0.25) is 0 Å². The largest absolute Gasteiger partial charge is 0.464 e. The zero-order valence-electron chi connectivity index (χ0n) is 10.8. The first-order valence-electron chi connectivity index (χ1n) is 5.68. The third-order valence-corrected chi connectivity index (χ3v) is 2.68. The minimum atomic E-state index is -0.721. The monoisotopic (exact) mass is 308 g/mol. The van der Waals surface area contributed by atoms with Crippen molar-refractivity contribution in [1.29, 1.82) is 0 Å². The molecule has 21 heavy (non-hydrogen) atoms.